The van der Waals surface area contributed by atoms with Gasteiger partial charge in [0.05, 0.1) is 12.7 Å². The second kappa shape index (κ2) is 8.41. The number of piperidine rings is 1. The number of carbonyl (C=O) groups is 3. The minimum Gasteiger partial charge on any atom is -0.465 e. The molecule has 1 aromatic carbocycles. The van der Waals surface area contributed by atoms with Gasteiger partial charge in [0.25, 0.3) is 0 Å². The Kier molecular flexibility index (Phi) is 6.46. The number of nitrogens with zero attached hydrogens (tertiary/aromatic N) is 1. The Labute approximate surface area is 160 Å². The molecular formula is C20H28N2O5. The molecule has 1 fully saturated rings. The van der Waals surface area contributed by atoms with Gasteiger partial charge in [-0.3, -0.25) is 4.79 Å². The summed E-state index contributed by atoms with van der Waals surface area (Å²) in [6.45, 7) is 8.31. The van der Waals surface area contributed by atoms with E-state index in [1.54, 1.807) is 23.1 Å². The van der Waals surface area contributed by atoms with Crippen molar-refractivity contribution in [3.05, 3.63) is 29.3 Å². The van der Waals surface area contributed by atoms with Crippen LogP contribution in [0.15, 0.2) is 18.2 Å². The van der Waals surface area contributed by atoms with Gasteiger partial charge < -0.3 is 19.7 Å². The Morgan fingerprint density at radius 2 is 1.78 bits per heavy atom. The minimum atomic E-state index is -0.529. The Bertz CT molecular complexity index is 716. The number of rotatable bonds is 3. The number of nitrogens with one attached hydrogen (secondary N) is 1. The average molecular weight is 376 g/mol. The van der Waals surface area contributed by atoms with Gasteiger partial charge >= 0.3 is 12.1 Å². The first kappa shape index (κ1) is 20.7. The highest BCUT2D eigenvalue weighted by Crippen LogP contribution is 2.23. The van der Waals surface area contributed by atoms with Gasteiger partial charge in [-0.1, -0.05) is 0 Å². The molecule has 1 aliphatic rings. The molecule has 0 aliphatic carbocycles. The lowest BCUT2D eigenvalue weighted by molar-refractivity contribution is -0.121. The molecule has 1 aromatic rings. The molecule has 7 nitrogen and oxygen atoms in total. The van der Waals surface area contributed by atoms with Gasteiger partial charge in [-0.25, -0.2) is 9.59 Å². The molecule has 0 atom stereocenters. The van der Waals surface area contributed by atoms with Crippen molar-refractivity contribution >= 4 is 23.7 Å². The van der Waals surface area contributed by atoms with Crippen molar-refractivity contribution in [3.8, 4) is 0 Å². The first-order valence-electron chi connectivity index (χ1n) is 9.08. The number of benzene rings is 1. The van der Waals surface area contributed by atoms with Crippen molar-refractivity contribution in [2.45, 2.75) is 46.1 Å². The third-order valence-electron chi connectivity index (χ3n) is 4.42. The molecule has 2 amide bonds. The van der Waals surface area contributed by atoms with Gasteiger partial charge in [0, 0.05) is 24.7 Å². The molecule has 0 saturated carbocycles. The summed E-state index contributed by atoms with van der Waals surface area (Å²) >= 11 is 0. The summed E-state index contributed by atoms with van der Waals surface area (Å²) in [4.78, 5) is 37.9. The lowest BCUT2D eigenvalue weighted by Crippen LogP contribution is -2.43. The Morgan fingerprint density at radius 3 is 2.30 bits per heavy atom. The van der Waals surface area contributed by atoms with E-state index < -0.39 is 11.6 Å². The second-order valence-electron chi connectivity index (χ2n) is 7.75. The first-order chi connectivity index (χ1) is 12.6. The maximum atomic E-state index is 12.6. The lowest BCUT2D eigenvalue weighted by atomic mass is 9.96. The van der Waals surface area contributed by atoms with Crippen LogP contribution in [0, 0.1) is 12.8 Å². The number of hydrogen-bond acceptors (Lipinski definition) is 5. The predicted octanol–water partition coefficient (Wildman–Crippen LogP) is 3.37. The van der Waals surface area contributed by atoms with E-state index in [0.29, 0.717) is 37.2 Å². The smallest absolute Gasteiger partial charge is 0.410 e. The average Bonchev–Trinajstić information content (AvgIpc) is 2.61. The molecule has 7 heteroatoms. The van der Waals surface area contributed by atoms with Gasteiger partial charge in [0.1, 0.15) is 5.60 Å². The van der Waals surface area contributed by atoms with E-state index in [0.717, 1.165) is 5.56 Å². The number of aryl methyl sites for hydroxylation is 1. The van der Waals surface area contributed by atoms with Crippen molar-refractivity contribution in [1.82, 2.24) is 4.90 Å². The Hall–Kier alpha value is -2.57. The van der Waals surface area contributed by atoms with Crippen molar-refractivity contribution < 1.29 is 23.9 Å². The number of hydrogen-bond donors (Lipinski definition) is 1. The van der Waals surface area contributed by atoms with Crippen LogP contribution in [-0.2, 0) is 14.3 Å². The number of ether oxygens (including phenoxy) is 2. The fourth-order valence-corrected chi connectivity index (χ4v) is 2.93. The van der Waals surface area contributed by atoms with E-state index in [4.69, 9.17) is 9.47 Å². The maximum absolute atomic E-state index is 12.6. The summed E-state index contributed by atoms with van der Waals surface area (Å²) in [5, 5.41) is 2.92. The quantitative estimate of drug-likeness (QED) is 0.818. The number of methoxy groups -OCH3 is 1. The summed E-state index contributed by atoms with van der Waals surface area (Å²) in [5.41, 5.74) is 1.37. The van der Waals surface area contributed by atoms with E-state index in [2.05, 4.69) is 5.32 Å². The molecule has 1 heterocycles. The number of anilines is 1. The zero-order valence-electron chi connectivity index (χ0n) is 16.6. The van der Waals surface area contributed by atoms with Crippen LogP contribution in [-0.4, -0.2) is 48.7 Å². The largest absolute Gasteiger partial charge is 0.465 e. The Balaban J connectivity index is 1.91. The number of likely N-dealkylation sites (tertiary alicyclic amines) is 1. The van der Waals surface area contributed by atoms with Crippen molar-refractivity contribution in [3.63, 3.8) is 0 Å². The fraction of sp³-hybridized carbons (Fsp3) is 0.550. The zero-order chi connectivity index (χ0) is 20.2. The molecule has 27 heavy (non-hydrogen) atoms. The highest BCUT2D eigenvalue weighted by atomic mass is 16.6. The summed E-state index contributed by atoms with van der Waals surface area (Å²) in [6, 6.07) is 5.02. The van der Waals surface area contributed by atoms with E-state index in [-0.39, 0.29) is 17.9 Å². The molecular weight excluding hydrogens is 348 g/mol. The standard InChI is InChI=1S/C20H28N2O5/c1-13-12-15(18(24)26-5)6-7-16(13)21-17(23)14-8-10-22(11-9-14)19(25)27-20(2,3)4/h6-7,12,14H,8-11H2,1-5H3,(H,21,23). The predicted molar refractivity (Wildman–Crippen MR) is 102 cm³/mol. The Morgan fingerprint density at radius 1 is 1.15 bits per heavy atom. The summed E-state index contributed by atoms with van der Waals surface area (Å²) in [6.07, 6.45) is 0.838. The maximum Gasteiger partial charge on any atom is 0.410 e. The molecule has 0 unspecified atom stereocenters. The lowest BCUT2D eigenvalue weighted by Gasteiger charge is -2.33. The third-order valence-corrected chi connectivity index (χ3v) is 4.42. The van der Waals surface area contributed by atoms with Crippen LogP contribution in [0.1, 0.15) is 49.5 Å². The van der Waals surface area contributed by atoms with Crippen LogP contribution in [0.2, 0.25) is 0 Å². The van der Waals surface area contributed by atoms with Gasteiger partial charge in [0.2, 0.25) is 5.91 Å². The van der Waals surface area contributed by atoms with Gasteiger partial charge in [-0.05, 0) is 64.3 Å². The first-order valence-corrected chi connectivity index (χ1v) is 9.08. The van der Waals surface area contributed by atoms with Crippen molar-refractivity contribution in [1.29, 1.82) is 0 Å². The van der Waals surface area contributed by atoms with Crippen molar-refractivity contribution in [2.75, 3.05) is 25.5 Å². The van der Waals surface area contributed by atoms with Crippen molar-refractivity contribution in [2.24, 2.45) is 5.92 Å². The van der Waals surface area contributed by atoms with Gasteiger partial charge in [-0.15, -0.1) is 0 Å². The highest BCUT2D eigenvalue weighted by Gasteiger charge is 2.30. The summed E-state index contributed by atoms with van der Waals surface area (Å²) in [5.74, 6) is -0.651. The molecule has 0 bridgehead atoms. The van der Waals surface area contributed by atoms with E-state index in [1.807, 2.05) is 27.7 Å². The van der Waals surface area contributed by atoms with Crippen LogP contribution < -0.4 is 5.32 Å². The molecule has 0 radical (unpaired) electrons. The fourth-order valence-electron chi connectivity index (χ4n) is 2.93. The van der Waals surface area contributed by atoms with Gasteiger partial charge in [-0.2, -0.15) is 0 Å². The highest BCUT2D eigenvalue weighted by molar-refractivity contribution is 5.95. The summed E-state index contributed by atoms with van der Waals surface area (Å²) < 4.78 is 10.1. The number of amides is 2. The van der Waals surface area contributed by atoms with E-state index >= 15 is 0 Å². The third kappa shape index (κ3) is 5.70. The topological polar surface area (TPSA) is 84.9 Å². The van der Waals surface area contributed by atoms with Crippen LogP contribution in [0.25, 0.3) is 0 Å². The van der Waals surface area contributed by atoms with E-state index in [1.165, 1.54) is 7.11 Å². The minimum absolute atomic E-state index is 0.0762. The molecule has 1 saturated heterocycles. The molecule has 148 valence electrons. The van der Waals surface area contributed by atoms with Crippen LogP contribution in [0.5, 0.6) is 0 Å². The number of esters is 1. The molecule has 2 rings (SSSR count). The van der Waals surface area contributed by atoms with Crippen LogP contribution in [0.4, 0.5) is 10.5 Å². The molecule has 0 spiro atoms. The van der Waals surface area contributed by atoms with Crippen LogP contribution in [0.3, 0.4) is 0 Å². The zero-order valence-corrected chi connectivity index (χ0v) is 16.6. The molecule has 0 aromatic heterocycles. The molecule has 1 aliphatic heterocycles. The number of carbonyl (C=O) groups excluding carboxylic acids is 3. The van der Waals surface area contributed by atoms with E-state index in [9.17, 15) is 14.4 Å². The van der Waals surface area contributed by atoms with Crippen LogP contribution >= 0.6 is 0 Å². The normalized spacial score (nSPS) is 15.2. The summed E-state index contributed by atoms with van der Waals surface area (Å²) in [7, 11) is 1.33. The SMILES string of the molecule is COC(=O)c1ccc(NC(=O)C2CCN(C(=O)OC(C)(C)C)CC2)c(C)c1. The monoisotopic (exact) mass is 376 g/mol. The second-order valence-corrected chi connectivity index (χ2v) is 7.75. The molecule has 1 N–H and O–H groups in total. The van der Waals surface area contributed by atoms with Gasteiger partial charge in [0.15, 0.2) is 0 Å².